The summed E-state index contributed by atoms with van der Waals surface area (Å²) in [6.07, 6.45) is 0.433. The molecule has 0 bridgehead atoms. The molecule has 0 saturated heterocycles. The standard InChI is InChI=1S/C21H24O5/c1-21(2,20(23)25-4)13-16-10-11-18(24-3)17(12-16)19(22)26-14-15-8-6-5-7-9-15/h5-12H,13-14H2,1-4H3. The van der Waals surface area contributed by atoms with Crippen molar-refractivity contribution in [1.82, 2.24) is 0 Å². The van der Waals surface area contributed by atoms with Crippen molar-refractivity contribution in [2.75, 3.05) is 14.2 Å². The van der Waals surface area contributed by atoms with E-state index < -0.39 is 11.4 Å². The molecule has 0 N–H and O–H groups in total. The van der Waals surface area contributed by atoms with Gasteiger partial charge in [0.1, 0.15) is 17.9 Å². The number of hydrogen-bond acceptors (Lipinski definition) is 5. The first-order chi connectivity index (χ1) is 12.4. The Morgan fingerprint density at radius 3 is 2.27 bits per heavy atom. The Labute approximate surface area is 153 Å². The molecule has 0 aliphatic rings. The molecule has 5 nitrogen and oxygen atoms in total. The third-order valence-corrected chi connectivity index (χ3v) is 4.08. The van der Waals surface area contributed by atoms with E-state index in [2.05, 4.69) is 0 Å². The molecule has 0 heterocycles. The monoisotopic (exact) mass is 356 g/mol. The molecule has 2 aromatic carbocycles. The molecule has 138 valence electrons. The SMILES string of the molecule is COC(=O)C(C)(C)Cc1ccc(OC)c(C(=O)OCc2ccccc2)c1. The average Bonchev–Trinajstić information content (AvgIpc) is 2.65. The summed E-state index contributed by atoms with van der Waals surface area (Å²) < 4.78 is 15.5. The lowest BCUT2D eigenvalue weighted by Gasteiger charge is -2.22. The number of hydrogen-bond donors (Lipinski definition) is 0. The van der Waals surface area contributed by atoms with Crippen LogP contribution in [0.25, 0.3) is 0 Å². The van der Waals surface area contributed by atoms with Gasteiger partial charge < -0.3 is 14.2 Å². The van der Waals surface area contributed by atoms with Gasteiger partial charge in [-0.15, -0.1) is 0 Å². The number of methoxy groups -OCH3 is 2. The lowest BCUT2D eigenvalue weighted by atomic mass is 9.85. The molecule has 0 amide bonds. The van der Waals surface area contributed by atoms with Crippen molar-refractivity contribution in [3.05, 3.63) is 65.2 Å². The van der Waals surface area contributed by atoms with Gasteiger partial charge in [0.15, 0.2) is 0 Å². The first kappa shape index (κ1) is 19.5. The molecule has 0 aliphatic carbocycles. The van der Waals surface area contributed by atoms with Crippen molar-refractivity contribution in [1.29, 1.82) is 0 Å². The zero-order chi connectivity index (χ0) is 19.2. The molecule has 0 aliphatic heterocycles. The Balaban J connectivity index is 2.18. The van der Waals surface area contributed by atoms with Crippen molar-refractivity contribution in [3.8, 4) is 5.75 Å². The van der Waals surface area contributed by atoms with E-state index in [0.717, 1.165) is 11.1 Å². The Bertz CT molecular complexity index is 765. The van der Waals surface area contributed by atoms with E-state index in [1.165, 1.54) is 14.2 Å². The molecule has 0 spiro atoms. The largest absolute Gasteiger partial charge is 0.496 e. The Hall–Kier alpha value is -2.82. The average molecular weight is 356 g/mol. The summed E-state index contributed by atoms with van der Waals surface area (Å²) in [6, 6.07) is 14.7. The molecule has 0 saturated carbocycles. The molecule has 2 aromatic rings. The van der Waals surface area contributed by atoms with Gasteiger partial charge in [-0.2, -0.15) is 0 Å². The lowest BCUT2D eigenvalue weighted by molar-refractivity contribution is -0.150. The van der Waals surface area contributed by atoms with Gasteiger partial charge in [0.25, 0.3) is 0 Å². The highest BCUT2D eigenvalue weighted by Gasteiger charge is 2.29. The fourth-order valence-corrected chi connectivity index (χ4v) is 2.68. The van der Waals surface area contributed by atoms with E-state index >= 15 is 0 Å². The number of esters is 2. The maximum atomic E-state index is 12.5. The summed E-state index contributed by atoms with van der Waals surface area (Å²) in [5.41, 5.74) is 1.37. The van der Waals surface area contributed by atoms with Gasteiger partial charge in [-0.05, 0) is 43.5 Å². The number of ether oxygens (including phenoxy) is 3. The summed E-state index contributed by atoms with van der Waals surface area (Å²) in [4.78, 5) is 24.4. The Morgan fingerprint density at radius 2 is 1.65 bits per heavy atom. The zero-order valence-corrected chi connectivity index (χ0v) is 15.6. The van der Waals surface area contributed by atoms with Gasteiger partial charge in [0, 0.05) is 0 Å². The zero-order valence-electron chi connectivity index (χ0n) is 15.6. The quantitative estimate of drug-likeness (QED) is 0.706. The van der Waals surface area contributed by atoms with Crippen LogP contribution in [0, 0.1) is 5.41 Å². The molecule has 0 radical (unpaired) electrons. The minimum absolute atomic E-state index is 0.181. The fourth-order valence-electron chi connectivity index (χ4n) is 2.68. The second-order valence-corrected chi connectivity index (χ2v) is 6.65. The first-order valence-electron chi connectivity index (χ1n) is 8.34. The van der Waals surface area contributed by atoms with Crippen LogP contribution in [-0.2, 0) is 27.3 Å². The maximum Gasteiger partial charge on any atom is 0.342 e. The highest BCUT2D eigenvalue weighted by Crippen LogP contribution is 2.27. The summed E-state index contributed by atoms with van der Waals surface area (Å²) in [5.74, 6) is -0.340. The molecule has 0 unspecified atom stereocenters. The second kappa shape index (κ2) is 8.52. The van der Waals surface area contributed by atoms with Crippen LogP contribution in [0.1, 0.15) is 35.3 Å². The van der Waals surface area contributed by atoms with E-state index in [4.69, 9.17) is 14.2 Å². The summed E-state index contributed by atoms with van der Waals surface area (Å²) in [7, 11) is 2.87. The van der Waals surface area contributed by atoms with Crippen LogP contribution >= 0.6 is 0 Å². The van der Waals surface area contributed by atoms with Crippen LogP contribution in [0.4, 0.5) is 0 Å². The summed E-state index contributed by atoms with van der Waals surface area (Å²) in [5, 5.41) is 0. The van der Waals surface area contributed by atoms with Crippen LogP contribution in [-0.4, -0.2) is 26.2 Å². The van der Waals surface area contributed by atoms with E-state index in [1.54, 1.807) is 26.0 Å². The minimum atomic E-state index is -0.700. The summed E-state index contributed by atoms with van der Waals surface area (Å²) in [6.45, 7) is 3.79. The maximum absolute atomic E-state index is 12.5. The Kier molecular flexibility index (Phi) is 6.39. The third-order valence-electron chi connectivity index (χ3n) is 4.08. The van der Waals surface area contributed by atoms with E-state index in [-0.39, 0.29) is 12.6 Å². The Morgan fingerprint density at radius 1 is 0.962 bits per heavy atom. The summed E-state index contributed by atoms with van der Waals surface area (Å²) >= 11 is 0. The highest BCUT2D eigenvalue weighted by molar-refractivity contribution is 5.92. The van der Waals surface area contributed by atoms with Crippen LogP contribution < -0.4 is 4.74 Å². The van der Waals surface area contributed by atoms with Crippen molar-refractivity contribution in [2.45, 2.75) is 26.9 Å². The smallest absolute Gasteiger partial charge is 0.342 e. The van der Waals surface area contributed by atoms with Crippen molar-refractivity contribution < 1.29 is 23.8 Å². The van der Waals surface area contributed by atoms with Gasteiger partial charge >= 0.3 is 11.9 Å². The molecule has 2 rings (SSSR count). The van der Waals surface area contributed by atoms with Crippen LogP contribution in [0.3, 0.4) is 0 Å². The van der Waals surface area contributed by atoms with E-state index in [9.17, 15) is 9.59 Å². The van der Waals surface area contributed by atoms with E-state index in [1.807, 2.05) is 36.4 Å². The van der Waals surface area contributed by atoms with Gasteiger partial charge in [-0.3, -0.25) is 4.79 Å². The second-order valence-electron chi connectivity index (χ2n) is 6.65. The first-order valence-corrected chi connectivity index (χ1v) is 8.34. The topological polar surface area (TPSA) is 61.8 Å². The molecule has 26 heavy (non-hydrogen) atoms. The fraction of sp³-hybridized carbons (Fsp3) is 0.333. The number of carbonyl (C=O) groups excluding carboxylic acids is 2. The van der Waals surface area contributed by atoms with Gasteiger partial charge in [-0.25, -0.2) is 4.79 Å². The number of rotatable bonds is 7. The van der Waals surface area contributed by atoms with Crippen molar-refractivity contribution >= 4 is 11.9 Å². The predicted octanol–water partition coefficient (Wildman–Crippen LogP) is 3.79. The van der Waals surface area contributed by atoms with Crippen LogP contribution in [0.5, 0.6) is 5.75 Å². The molecule has 0 aromatic heterocycles. The van der Waals surface area contributed by atoms with Gasteiger partial charge in [0.05, 0.1) is 19.6 Å². The van der Waals surface area contributed by atoms with Gasteiger partial charge in [0.2, 0.25) is 0 Å². The van der Waals surface area contributed by atoms with E-state index in [0.29, 0.717) is 17.7 Å². The van der Waals surface area contributed by atoms with Crippen LogP contribution in [0.2, 0.25) is 0 Å². The molecule has 5 heteroatoms. The number of benzene rings is 2. The molecular formula is C21H24O5. The highest BCUT2D eigenvalue weighted by atomic mass is 16.5. The van der Waals surface area contributed by atoms with Crippen molar-refractivity contribution in [3.63, 3.8) is 0 Å². The molecule has 0 atom stereocenters. The molecular weight excluding hydrogens is 332 g/mol. The van der Waals surface area contributed by atoms with Crippen LogP contribution in [0.15, 0.2) is 48.5 Å². The normalized spacial score (nSPS) is 10.9. The number of carbonyl (C=O) groups is 2. The van der Waals surface area contributed by atoms with Crippen molar-refractivity contribution in [2.24, 2.45) is 5.41 Å². The minimum Gasteiger partial charge on any atom is -0.496 e. The molecule has 0 fully saturated rings. The van der Waals surface area contributed by atoms with Gasteiger partial charge in [-0.1, -0.05) is 36.4 Å². The predicted molar refractivity (Wildman–Crippen MR) is 98.1 cm³/mol. The third kappa shape index (κ3) is 4.85. The lowest BCUT2D eigenvalue weighted by Crippen LogP contribution is -2.28.